The van der Waals surface area contributed by atoms with Gasteiger partial charge in [-0.15, -0.1) is 0 Å². The third-order valence-electron chi connectivity index (χ3n) is 3.76. The maximum atomic E-state index is 12.1. The fourth-order valence-corrected chi connectivity index (χ4v) is 3.35. The molecule has 2 rings (SSSR count). The van der Waals surface area contributed by atoms with Crippen LogP contribution in [0.4, 0.5) is 5.69 Å². The molecule has 2 N–H and O–H groups in total. The molecule has 0 aromatic heterocycles. The van der Waals surface area contributed by atoms with E-state index in [2.05, 4.69) is 10.0 Å². The van der Waals surface area contributed by atoms with E-state index in [1.807, 2.05) is 38.1 Å². The maximum absolute atomic E-state index is 12.1. The second kappa shape index (κ2) is 8.78. The van der Waals surface area contributed by atoms with Gasteiger partial charge in [0.05, 0.1) is 11.3 Å². The number of hydrogen-bond donors (Lipinski definition) is 2. The molecule has 0 bridgehead atoms. The van der Waals surface area contributed by atoms with Crippen molar-refractivity contribution < 1.29 is 13.2 Å². The van der Waals surface area contributed by atoms with Crippen molar-refractivity contribution in [1.82, 2.24) is 4.72 Å². The third kappa shape index (κ3) is 5.99. The lowest BCUT2D eigenvalue weighted by Gasteiger charge is -2.08. The van der Waals surface area contributed by atoms with Gasteiger partial charge in [-0.1, -0.05) is 43.2 Å². The molecule has 0 aliphatic heterocycles. The van der Waals surface area contributed by atoms with Crippen LogP contribution < -0.4 is 10.0 Å². The first-order valence-corrected chi connectivity index (χ1v) is 9.84. The van der Waals surface area contributed by atoms with Crippen LogP contribution in [0.5, 0.6) is 0 Å². The number of rotatable bonds is 8. The molecular weight excluding hydrogens is 336 g/mol. The molecule has 0 fully saturated rings. The van der Waals surface area contributed by atoms with E-state index in [1.54, 1.807) is 12.1 Å². The number of nitrogens with one attached hydrogen (secondary N) is 2. The van der Waals surface area contributed by atoms with Gasteiger partial charge >= 0.3 is 0 Å². The van der Waals surface area contributed by atoms with Crippen molar-refractivity contribution in [2.24, 2.45) is 0 Å². The third-order valence-corrected chi connectivity index (χ3v) is 5.23. The summed E-state index contributed by atoms with van der Waals surface area (Å²) in [5.41, 5.74) is 2.65. The molecule has 0 radical (unpaired) electrons. The quantitative estimate of drug-likeness (QED) is 0.710. The number of aryl methyl sites for hydroxylation is 1. The Bertz CT molecular complexity index is 798. The second-order valence-electron chi connectivity index (χ2n) is 5.99. The number of anilines is 1. The van der Waals surface area contributed by atoms with Gasteiger partial charge in [0, 0.05) is 12.2 Å². The summed E-state index contributed by atoms with van der Waals surface area (Å²) in [7, 11) is -3.49. The molecule has 5 nitrogen and oxygen atoms in total. The number of amides is 1. The molecule has 2 aromatic rings. The lowest BCUT2D eigenvalue weighted by atomic mass is 10.1. The maximum Gasteiger partial charge on any atom is 0.240 e. The molecule has 25 heavy (non-hydrogen) atoms. The van der Waals surface area contributed by atoms with Crippen LogP contribution in [0.3, 0.4) is 0 Å². The van der Waals surface area contributed by atoms with Gasteiger partial charge in [-0.3, -0.25) is 4.79 Å². The van der Waals surface area contributed by atoms with Gasteiger partial charge in [-0.05, 0) is 43.2 Å². The van der Waals surface area contributed by atoms with Gasteiger partial charge < -0.3 is 5.32 Å². The molecule has 2 aromatic carbocycles. The summed E-state index contributed by atoms with van der Waals surface area (Å²) in [6.07, 6.45) is 2.00. The topological polar surface area (TPSA) is 75.3 Å². The molecule has 0 atom stereocenters. The summed E-state index contributed by atoms with van der Waals surface area (Å²) in [5, 5.41) is 2.78. The minimum Gasteiger partial charge on any atom is -0.326 e. The summed E-state index contributed by atoms with van der Waals surface area (Å²) in [6, 6.07) is 14.0. The Kier molecular flexibility index (Phi) is 6.73. The predicted molar refractivity (Wildman–Crippen MR) is 100 cm³/mol. The molecule has 6 heteroatoms. The molecule has 0 aliphatic rings. The molecule has 0 aliphatic carbocycles. The molecular formula is C19H24N2O3S. The highest BCUT2D eigenvalue weighted by Gasteiger charge is 2.13. The zero-order valence-corrected chi connectivity index (χ0v) is 15.4. The number of hydrogen-bond acceptors (Lipinski definition) is 3. The van der Waals surface area contributed by atoms with Crippen molar-refractivity contribution in [3.63, 3.8) is 0 Å². The van der Waals surface area contributed by atoms with Gasteiger partial charge in [-0.25, -0.2) is 13.1 Å². The van der Waals surface area contributed by atoms with Crippen LogP contribution in [0.2, 0.25) is 0 Å². The van der Waals surface area contributed by atoms with Crippen LogP contribution in [0.25, 0.3) is 0 Å². The van der Waals surface area contributed by atoms with Gasteiger partial charge in [0.2, 0.25) is 15.9 Å². The smallest absolute Gasteiger partial charge is 0.240 e. The monoisotopic (exact) mass is 360 g/mol. The van der Waals surface area contributed by atoms with Crippen molar-refractivity contribution in [2.75, 3.05) is 11.9 Å². The predicted octanol–water partition coefficient (Wildman–Crippen LogP) is 3.25. The van der Waals surface area contributed by atoms with Crippen LogP contribution in [-0.4, -0.2) is 20.9 Å². The van der Waals surface area contributed by atoms with E-state index in [4.69, 9.17) is 0 Å². The molecule has 0 saturated heterocycles. The lowest BCUT2D eigenvalue weighted by Crippen LogP contribution is -2.24. The largest absolute Gasteiger partial charge is 0.326 e. The normalized spacial score (nSPS) is 11.3. The minimum atomic E-state index is -3.49. The number of benzene rings is 2. The summed E-state index contributed by atoms with van der Waals surface area (Å²) < 4.78 is 26.8. The molecule has 0 saturated carbocycles. The SMILES string of the molecule is CCCCNS(=O)(=O)c1ccc(NC(=O)Cc2ccc(C)cc2)cc1. The van der Waals surface area contributed by atoms with E-state index in [0.29, 0.717) is 12.2 Å². The Morgan fingerprint density at radius 2 is 1.64 bits per heavy atom. The van der Waals surface area contributed by atoms with E-state index >= 15 is 0 Å². The molecule has 134 valence electrons. The van der Waals surface area contributed by atoms with E-state index < -0.39 is 10.0 Å². The van der Waals surface area contributed by atoms with Crippen molar-refractivity contribution >= 4 is 21.6 Å². The highest BCUT2D eigenvalue weighted by molar-refractivity contribution is 7.89. The van der Waals surface area contributed by atoms with Crippen molar-refractivity contribution in [1.29, 1.82) is 0 Å². The minimum absolute atomic E-state index is 0.138. The molecule has 0 spiro atoms. The molecule has 1 amide bonds. The van der Waals surface area contributed by atoms with E-state index in [9.17, 15) is 13.2 Å². The van der Waals surface area contributed by atoms with Crippen molar-refractivity contribution in [3.8, 4) is 0 Å². The first-order valence-electron chi connectivity index (χ1n) is 8.36. The summed E-state index contributed by atoms with van der Waals surface area (Å²) >= 11 is 0. The van der Waals surface area contributed by atoms with E-state index in [0.717, 1.165) is 24.0 Å². The Morgan fingerprint density at radius 1 is 1.00 bits per heavy atom. The summed E-state index contributed by atoms with van der Waals surface area (Å²) in [5.74, 6) is -0.138. The van der Waals surface area contributed by atoms with Crippen molar-refractivity contribution in [3.05, 3.63) is 59.7 Å². The first-order chi connectivity index (χ1) is 11.9. The van der Waals surface area contributed by atoms with Crippen LogP contribution in [0, 0.1) is 6.92 Å². The fraction of sp³-hybridized carbons (Fsp3) is 0.316. The standard InChI is InChI=1S/C19H24N2O3S/c1-3-4-13-20-25(23,24)18-11-9-17(10-12-18)21-19(22)14-16-7-5-15(2)6-8-16/h5-12,20H,3-4,13-14H2,1-2H3,(H,21,22). The Hall–Kier alpha value is -2.18. The van der Waals surface area contributed by atoms with E-state index in [-0.39, 0.29) is 17.2 Å². The highest BCUT2D eigenvalue weighted by Crippen LogP contribution is 2.14. The molecule has 0 unspecified atom stereocenters. The zero-order valence-electron chi connectivity index (χ0n) is 14.6. The summed E-state index contributed by atoms with van der Waals surface area (Å²) in [6.45, 7) is 4.42. The van der Waals surface area contributed by atoms with Gasteiger partial charge in [0.25, 0.3) is 0 Å². The van der Waals surface area contributed by atoms with Gasteiger partial charge in [0.1, 0.15) is 0 Å². The Morgan fingerprint density at radius 3 is 2.24 bits per heavy atom. The molecule has 0 heterocycles. The number of carbonyl (C=O) groups is 1. The first kappa shape index (κ1) is 19.1. The van der Waals surface area contributed by atoms with Crippen molar-refractivity contribution in [2.45, 2.75) is 38.0 Å². The second-order valence-corrected chi connectivity index (χ2v) is 7.75. The van der Waals surface area contributed by atoms with Crippen LogP contribution in [-0.2, 0) is 21.2 Å². The highest BCUT2D eigenvalue weighted by atomic mass is 32.2. The average Bonchev–Trinajstić information content (AvgIpc) is 2.57. The number of sulfonamides is 1. The fourth-order valence-electron chi connectivity index (χ4n) is 2.28. The number of carbonyl (C=O) groups excluding carboxylic acids is 1. The van der Waals surface area contributed by atoms with Gasteiger partial charge in [0.15, 0.2) is 0 Å². The number of unbranched alkanes of at least 4 members (excludes halogenated alkanes) is 1. The summed E-state index contributed by atoms with van der Waals surface area (Å²) in [4.78, 5) is 12.3. The Labute approximate surface area is 149 Å². The average molecular weight is 360 g/mol. The van der Waals surface area contributed by atoms with Crippen LogP contribution in [0.1, 0.15) is 30.9 Å². The Balaban J connectivity index is 1.95. The zero-order chi connectivity index (χ0) is 18.3. The van der Waals surface area contributed by atoms with E-state index in [1.165, 1.54) is 12.1 Å². The van der Waals surface area contributed by atoms with Crippen LogP contribution >= 0.6 is 0 Å². The van der Waals surface area contributed by atoms with Gasteiger partial charge in [-0.2, -0.15) is 0 Å². The van der Waals surface area contributed by atoms with Crippen LogP contribution in [0.15, 0.2) is 53.4 Å². The lowest BCUT2D eigenvalue weighted by molar-refractivity contribution is -0.115.